The monoisotopic (exact) mass is 393 g/mol. The number of pyridine rings is 1. The fourth-order valence-corrected chi connectivity index (χ4v) is 3.12. The van der Waals surface area contributed by atoms with Gasteiger partial charge in [-0.15, -0.1) is 0 Å². The summed E-state index contributed by atoms with van der Waals surface area (Å²) in [5, 5.41) is 11.3. The van der Waals surface area contributed by atoms with E-state index in [4.69, 9.17) is 23.2 Å². The Kier molecular flexibility index (Phi) is 4.90. The Morgan fingerprint density at radius 2 is 1.81 bits per heavy atom. The summed E-state index contributed by atoms with van der Waals surface area (Å²) >= 11 is 12.0. The van der Waals surface area contributed by atoms with Crippen molar-refractivity contribution in [3.05, 3.63) is 51.8 Å². The first kappa shape index (κ1) is 19.0. The van der Waals surface area contributed by atoms with Crippen LogP contribution >= 0.6 is 23.2 Å². The SMILES string of the molecule is CC(C)c1cc(C(C)(C)O)nc2c(F)cc(-c3nc(Cl)ncc3Cl)cc12. The fourth-order valence-electron chi connectivity index (χ4n) is 2.79. The Balaban J connectivity index is 2.35. The average molecular weight is 394 g/mol. The molecule has 0 unspecified atom stereocenters. The second-order valence-corrected chi connectivity index (χ2v) is 7.75. The molecule has 0 radical (unpaired) electrons. The number of rotatable bonds is 3. The molecule has 0 aliphatic rings. The molecule has 0 aliphatic heterocycles. The first-order valence-electron chi connectivity index (χ1n) is 8.13. The van der Waals surface area contributed by atoms with Gasteiger partial charge in [0.15, 0.2) is 0 Å². The van der Waals surface area contributed by atoms with Crippen LogP contribution < -0.4 is 0 Å². The second-order valence-electron chi connectivity index (χ2n) is 7.00. The van der Waals surface area contributed by atoms with Gasteiger partial charge >= 0.3 is 0 Å². The number of fused-ring (bicyclic) bond motifs is 1. The number of hydrogen-bond donors (Lipinski definition) is 1. The van der Waals surface area contributed by atoms with Crippen molar-refractivity contribution in [2.75, 3.05) is 0 Å². The Morgan fingerprint density at radius 1 is 1.12 bits per heavy atom. The number of nitrogens with zero attached hydrogens (tertiary/aromatic N) is 3. The lowest BCUT2D eigenvalue weighted by molar-refractivity contribution is 0.0741. The summed E-state index contributed by atoms with van der Waals surface area (Å²) in [6.45, 7) is 7.25. The maximum Gasteiger partial charge on any atom is 0.222 e. The van der Waals surface area contributed by atoms with E-state index >= 15 is 0 Å². The van der Waals surface area contributed by atoms with Crippen LogP contribution in [0.1, 0.15) is 44.9 Å². The number of benzene rings is 1. The summed E-state index contributed by atoms with van der Waals surface area (Å²) in [5.41, 5.74) is 1.17. The van der Waals surface area contributed by atoms with Crippen LogP contribution in [0.3, 0.4) is 0 Å². The molecule has 1 aromatic carbocycles. The second kappa shape index (κ2) is 6.72. The molecule has 3 aromatic rings. The van der Waals surface area contributed by atoms with Crippen molar-refractivity contribution in [1.29, 1.82) is 0 Å². The predicted octanol–water partition coefficient (Wildman–Crippen LogP) is 5.49. The fraction of sp³-hybridized carbons (Fsp3) is 0.316. The lowest BCUT2D eigenvalue weighted by Gasteiger charge is -2.21. The maximum atomic E-state index is 14.9. The molecule has 0 bridgehead atoms. The van der Waals surface area contributed by atoms with Gasteiger partial charge in [-0.25, -0.2) is 19.3 Å². The van der Waals surface area contributed by atoms with Gasteiger partial charge in [0.2, 0.25) is 5.28 Å². The molecule has 0 saturated carbocycles. The molecule has 0 atom stereocenters. The minimum absolute atomic E-state index is 0.0319. The number of aromatic nitrogens is 3. The van der Waals surface area contributed by atoms with E-state index < -0.39 is 11.4 Å². The molecule has 136 valence electrons. The normalized spacial score (nSPS) is 12.2. The van der Waals surface area contributed by atoms with Crippen molar-refractivity contribution in [2.45, 2.75) is 39.2 Å². The van der Waals surface area contributed by atoms with E-state index in [0.29, 0.717) is 22.3 Å². The molecule has 0 aliphatic carbocycles. The Labute approximate surface area is 161 Å². The average Bonchev–Trinajstić information content (AvgIpc) is 2.55. The van der Waals surface area contributed by atoms with Crippen LogP contribution in [0.15, 0.2) is 24.4 Å². The van der Waals surface area contributed by atoms with Crippen LogP contribution in [0.5, 0.6) is 0 Å². The van der Waals surface area contributed by atoms with Crippen molar-refractivity contribution in [2.24, 2.45) is 0 Å². The van der Waals surface area contributed by atoms with Crippen molar-refractivity contribution in [3.8, 4) is 11.3 Å². The van der Waals surface area contributed by atoms with Crippen molar-refractivity contribution >= 4 is 34.1 Å². The summed E-state index contributed by atoms with van der Waals surface area (Å²) in [6, 6.07) is 4.92. The van der Waals surface area contributed by atoms with Gasteiger partial charge in [0, 0.05) is 10.9 Å². The van der Waals surface area contributed by atoms with Gasteiger partial charge in [-0.1, -0.05) is 25.4 Å². The van der Waals surface area contributed by atoms with Crippen LogP contribution in [0.25, 0.3) is 22.2 Å². The molecule has 2 aromatic heterocycles. The molecule has 0 saturated heterocycles. The van der Waals surface area contributed by atoms with Gasteiger partial charge in [-0.3, -0.25) is 0 Å². The highest BCUT2D eigenvalue weighted by Gasteiger charge is 2.23. The number of hydrogen-bond acceptors (Lipinski definition) is 4. The third-order valence-corrected chi connectivity index (χ3v) is 4.59. The molecule has 7 heteroatoms. The Morgan fingerprint density at radius 3 is 2.42 bits per heavy atom. The molecule has 26 heavy (non-hydrogen) atoms. The lowest BCUT2D eigenvalue weighted by atomic mass is 9.92. The highest BCUT2D eigenvalue weighted by molar-refractivity contribution is 6.33. The standard InChI is InChI=1S/C19H18Cl2FN3O/c1-9(2)11-7-15(19(3,4)26)24-17-12(11)5-10(6-14(17)22)16-13(20)8-23-18(21)25-16/h5-9,26H,1-4H3. The minimum Gasteiger partial charge on any atom is -0.384 e. The highest BCUT2D eigenvalue weighted by Crippen LogP contribution is 2.35. The Hall–Kier alpha value is -1.82. The van der Waals surface area contributed by atoms with Crippen LogP contribution in [0.2, 0.25) is 10.3 Å². The summed E-state index contributed by atoms with van der Waals surface area (Å²) < 4.78 is 14.9. The molecule has 1 N–H and O–H groups in total. The molecule has 2 heterocycles. The molecule has 0 spiro atoms. The van der Waals surface area contributed by atoms with Crippen LogP contribution in [-0.2, 0) is 5.60 Å². The van der Waals surface area contributed by atoms with Crippen LogP contribution in [-0.4, -0.2) is 20.1 Å². The van der Waals surface area contributed by atoms with Crippen molar-refractivity contribution < 1.29 is 9.50 Å². The van der Waals surface area contributed by atoms with E-state index in [2.05, 4.69) is 15.0 Å². The molecular weight excluding hydrogens is 376 g/mol. The summed E-state index contributed by atoms with van der Waals surface area (Å²) in [4.78, 5) is 12.3. The first-order valence-corrected chi connectivity index (χ1v) is 8.89. The van der Waals surface area contributed by atoms with E-state index in [1.54, 1.807) is 19.9 Å². The highest BCUT2D eigenvalue weighted by atomic mass is 35.5. The van der Waals surface area contributed by atoms with E-state index in [1.165, 1.54) is 12.3 Å². The van der Waals surface area contributed by atoms with Gasteiger partial charge in [-0.2, -0.15) is 0 Å². The van der Waals surface area contributed by atoms with Gasteiger partial charge in [-0.05, 0) is 55.1 Å². The third-order valence-electron chi connectivity index (χ3n) is 4.14. The number of aliphatic hydroxyl groups is 1. The molecule has 4 nitrogen and oxygen atoms in total. The molecule has 3 rings (SSSR count). The van der Waals surface area contributed by atoms with Crippen LogP contribution in [0.4, 0.5) is 4.39 Å². The summed E-state index contributed by atoms with van der Waals surface area (Å²) in [5.74, 6) is -0.419. The Bertz CT molecular complexity index is 1000. The zero-order valence-corrected chi connectivity index (χ0v) is 16.3. The minimum atomic E-state index is -1.17. The van der Waals surface area contributed by atoms with E-state index in [9.17, 15) is 9.50 Å². The molecule has 0 fully saturated rings. The largest absolute Gasteiger partial charge is 0.384 e. The van der Waals surface area contributed by atoms with Crippen molar-refractivity contribution in [1.82, 2.24) is 15.0 Å². The summed E-state index contributed by atoms with van der Waals surface area (Å²) in [7, 11) is 0. The van der Waals surface area contributed by atoms with E-state index in [0.717, 1.165) is 5.56 Å². The van der Waals surface area contributed by atoms with Gasteiger partial charge in [0.25, 0.3) is 0 Å². The predicted molar refractivity (Wildman–Crippen MR) is 102 cm³/mol. The topological polar surface area (TPSA) is 58.9 Å². The smallest absolute Gasteiger partial charge is 0.222 e. The van der Waals surface area contributed by atoms with Gasteiger partial charge < -0.3 is 5.11 Å². The van der Waals surface area contributed by atoms with E-state index in [1.807, 2.05) is 19.9 Å². The molecule has 0 amide bonds. The zero-order valence-electron chi connectivity index (χ0n) is 14.8. The van der Waals surface area contributed by atoms with Gasteiger partial charge in [0.05, 0.1) is 22.6 Å². The lowest BCUT2D eigenvalue weighted by Crippen LogP contribution is -2.18. The molecular formula is C19H18Cl2FN3O. The van der Waals surface area contributed by atoms with Gasteiger partial charge in [0.1, 0.15) is 16.9 Å². The van der Waals surface area contributed by atoms with E-state index in [-0.39, 0.29) is 21.7 Å². The number of halogens is 3. The quantitative estimate of drug-likeness (QED) is 0.597. The first-order chi connectivity index (χ1) is 12.1. The maximum absolute atomic E-state index is 14.9. The summed E-state index contributed by atoms with van der Waals surface area (Å²) in [6.07, 6.45) is 1.38. The zero-order chi connectivity index (χ0) is 19.2. The van der Waals surface area contributed by atoms with Crippen molar-refractivity contribution in [3.63, 3.8) is 0 Å². The third kappa shape index (κ3) is 3.52. The van der Waals surface area contributed by atoms with Crippen LogP contribution in [0, 0.1) is 5.82 Å².